The number of anilines is 1. The van der Waals surface area contributed by atoms with Gasteiger partial charge in [0.2, 0.25) is 17.3 Å². The van der Waals surface area contributed by atoms with Crippen molar-refractivity contribution in [1.29, 1.82) is 0 Å². The van der Waals surface area contributed by atoms with E-state index in [2.05, 4.69) is 56.8 Å². The number of nitrogens with zero attached hydrogens (tertiary/aromatic N) is 3. The number of rotatable bonds is 7. The summed E-state index contributed by atoms with van der Waals surface area (Å²) in [6, 6.07) is 14.1. The number of benzene rings is 2. The molecule has 2 aromatic carbocycles. The van der Waals surface area contributed by atoms with Crippen molar-refractivity contribution in [2.75, 3.05) is 20.0 Å². The van der Waals surface area contributed by atoms with Crippen molar-refractivity contribution < 1.29 is 14.0 Å². The minimum atomic E-state index is 0.424. The number of ether oxygens (including phenoxy) is 2. The Morgan fingerprint density at radius 2 is 2.03 bits per heavy atom. The SMILES string of the molecule is COc1ccc(OC)c(Sc2nc3c([nH]2)c(N)nc[n+]3CCc2cccc(I)c2)c1. The predicted octanol–water partition coefficient (Wildman–Crippen LogP) is 3.84. The van der Waals surface area contributed by atoms with Crippen LogP contribution < -0.4 is 19.8 Å². The maximum absolute atomic E-state index is 6.11. The van der Waals surface area contributed by atoms with E-state index in [1.54, 1.807) is 20.5 Å². The first kappa shape index (κ1) is 20.7. The van der Waals surface area contributed by atoms with E-state index in [9.17, 15) is 0 Å². The fraction of sp³-hybridized carbons (Fsp3) is 0.190. The number of aryl methyl sites for hydroxylation is 2. The van der Waals surface area contributed by atoms with Gasteiger partial charge >= 0.3 is 0 Å². The molecule has 0 unspecified atom stereocenters. The van der Waals surface area contributed by atoms with Gasteiger partial charge in [0.05, 0.1) is 25.7 Å². The molecule has 154 valence electrons. The van der Waals surface area contributed by atoms with E-state index >= 15 is 0 Å². The van der Waals surface area contributed by atoms with Gasteiger partial charge in [-0.2, -0.15) is 0 Å². The lowest BCUT2D eigenvalue weighted by Crippen LogP contribution is -2.36. The number of hydrogen-bond acceptors (Lipinski definition) is 6. The van der Waals surface area contributed by atoms with Crippen LogP contribution in [0.4, 0.5) is 5.82 Å². The topological polar surface area (TPSA) is 89.9 Å². The quantitative estimate of drug-likeness (QED) is 0.277. The molecule has 0 saturated carbocycles. The predicted molar refractivity (Wildman–Crippen MR) is 125 cm³/mol. The third kappa shape index (κ3) is 4.46. The number of nitrogens with two attached hydrogens (primary N) is 1. The molecule has 2 heterocycles. The fourth-order valence-corrected chi connectivity index (χ4v) is 4.63. The van der Waals surface area contributed by atoms with Crippen LogP contribution in [0.2, 0.25) is 0 Å². The number of H-pyrrole nitrogens is 1. The number of halogens is 1. The number of fused-ring (bicyclic) bond motifs is 1. The molecule has 0 radical (unpaired) electrons. The summed E-state index contributed by atoms with van der Waals surface area (Å²) in [4.78, 5) is 13.3. The number of nitrogens with one attached hydrogen (secondary N) is 1. The normalized spacial score (nSPS) is 11.0. The van der Waals surface area contributed by atoms with Crippen LogP contribution >= 0.6 is 34.4 Å². The monoisotopic (exact) mass is 534 g/mol. The third-order valence-corrected chi connectivity index (χ3v) is 6.23. The first-order valence-corrected chi connectivity index (χ1v) is 11.1. The van der Waals surface area contributed by atoms with Gasteiger partial charge in [-0.25, -0.2) is 4.57 Å². The molecule has 0 bridgehead atoms. The average Bonchev–Trinajstić information content (AvgIpc) is 3.18. The molecular weight excluding hydrogens is 513 g/mol. The smallest absolute Gasteiger partial charge is 0.294 e. The summed E-state index contributed by atoms with van der Waals surface area (Å²) < 4.78 is 14.1. The minimum Gasteiger partial charge on any atom is -0.497 e. The van der Waals surface area contributed by atoms with Crippen molar-refractivity contribution in [2.45, 2.75) is 23.0 Å². The molecule has 3 N–H and O–H groups in total. The zero-order chi connectivity index (χ0) is 21.1. The van der Waals surface area contributed by atoms with E-state index in [4.69, 9.17) is 20.2 Å². The molecule has 9 heteroatoms. The molecule has 0 spiro atoms. The zero-order valence-corrected chi connectivity index (χ0v) is 19.5. The molecule has 7 nitrogen and oxygen atoms in total. The molecule has 30 heavy (non-hydrogen) atoms. The van der Waals surface area contributed by atoms with Gasteiger partial charge < -0.3 is 20.2 Å². The molecule has 4 aromatic rings. The summed E-state index contributed by atoms with van der Waals surface area (Å²) in [5, 5.41) is 0.708. The second-order valence-corrected chi connectivity index (χ2v) is 8.84. The van der Waals surface area contributed by atoms with Crippen LogP contribution in [0.25, 0.3) is 11.2 Å². The molecular formula is C21H21IN5O2S+. The molecule has 2 aromatic heterocycles. The van der Waals surface area contributed by atoms with Crippen molar-refractivity contribution in [3.05, 3.63) is 57.9 Å². The highest BCUT2D eigenvalue weighted by Gasteiger charge is 2.20. The number of imidazole rings is 1. The van der Waals surface area contributed by atoms with Gasteiger partial charge in [0, 0.05) is 9.99 Å². The first-order valence-electron chi connectivity index (χ1n) is 9.25. The largest absolute Gasteiger partial charge is 0.497 e. The molecule has 0 amide bonds. The average molecular weight is 534 g/mol. The lowest BCUT2D eigenvalue weighted by atomic mass is 10.1. The maximum Gasteiger partial charge on any atom is 0.294 e. The van der Waals surface area contributed by atoms with E-state index in [1.165, 1.54) is 20.9 Å². The third-order valence-electron chi connectivity index (χ3n) is 4.64. The van der Waals surface area contributed by atoms with Crippen molar-refractivity contribution in [3.63, 3.8) is 0 Å². The number of nitrogen functional groups attached to an aromatic ring is 1. The van der Waals surface area contributed by atoms with Crippen LogP contribution in [0.15, 0.2) is 58.8 Å². The lowest BCUT2D eigenvalue weighted by molar-refractivity contribution is -0.675. The van der Waals surface area contributed by atoms with E-state index in [0.29, 0.717) is 11.0 Å². The molecule has 0 aliphatic rings. The van der Waals surface area contributed by atoms with Gasteiger partial charge in [-0.05, 0) is 70.2 Å². The highest BCUT2D eigenvalue weighted by Crippen LogP contribution is 2.36. The van der Waals surface area contributed by atoms with Crippen molar-refractivity contribution in [3.8, 4) is 11.5 Å². The van der Waals surface area contributed by atoms with Gasteiger partial charge in [-0.3, -0.25) is 0 Å². The first-order chi connectivity index (χ1) is 14.6. The molecule has 0 saturated heterocycles. The molecule has 0 aliphatic carbocycles. The van der Waals surface area contributed by atoms with Crippen LogP contribution in [0.5, 0.6) is 11.5 Å². The van der Waals surface area contributed by atoms with Crippen LogP contribution in [-0.4, -0.2) is 29.2 Å². The highest BCUT2D eigenvalue weighted by molar-refractivity contribution is 14.1. The Labute approximate surface area is 192 Å². The van der Waals surface area contributed by atoms with Gasteiger partial charge in [0.1, 0.15) is 11.5 Å². The van der Waals surface area contributed by atoms with Gasteiger partial charge in [0.15, 0.2) is 5.52 Å². The standard InChI is InChI=1S/C21H20IN5O2S/c1-28-15-6-7-16(29-2)17(11-15)30-21-25-18-19(23)24-12-27(20(18)26-21)9-8-13-4-3-5-14(22)10-13/h3-7,10-12H,8-9H2,1-2H3,(H2,23,25,26)/p+1. The summed E-state index contributed by atoms with van der Waals surface area (Å²) in [5.41, 5.74) is 8.88. The van der Waals surface area contributed by atoms with E-state index in [0.717, 1.165) is 40.5 Å². The Morgan fingerprint density at radius 3 is 2.80 bits per heavy atom. The van der Waals surface area contributed by atoms with Gasteiger partial charge in [0.25, 0.3) is 5.65 Å². The van der Waals surface area contributed by atoms with Crippen LogP contribution in [-0.2, 0) is 13.0 Å². The maximum atomic E-state index is 6.11. The lowest BCUT2D eigenvalue weighted by Gasteiger charge is -2.07. The summed E-state index contributed by atoms with van der Waals surface area (Å²) in [5.74, 6) is 1.93. The van der Waals surface area contributed by atoms with Crippen LogP contribution in [0.1, 0.15) is 5.56 Å². The number of aromatic nitrogens is 4. The Bertz CT molecular complexity index is 1200. The summed E-state index contributed by atoms with van der Waals surface area (Å²) in [6.07, 6.45) is 2.62. The van der Waals surface area contributed by atoms with E-state index < -0.39 is 0 Å². The molecule has 4 rings (SSSR count). The van der Waals surface area contributed by atoms with Gasteiger partial charge in [-0.1, -0.05) is 22.1 Å². The van der Waals surface area contributed by atoms with Crippen molar-refractivity contribution in [1.82, 2.24) is 15.0 Å². The minimum absolute atomic E-state index is 0.424. The Balaban J connectivity index is 1.64. The van der Waals surface area contributed by atoms with E-state index in [-0.39, 0.29) is 0 Å². The fourth-order valence-electron chi connectivity index (χ4n) is 3.10. The van der Waals surface area contributed by atoms with Crippen LogP contribution in [0.3, 0.4) is 0 Å². The summed E-state index contributed by atoms with van der Waals surface area (Å²) in [6.45, 7) is 0.751. The summed E-state index contributed by atoms with van der Waals surface area (Å²) >= 11 is 3.79. The van der Waals surface area contributed by atoms with E-state index in [1.807, 2.05) is 22.8 Å². The second kappa shape index (κ2) is 9.09. The zero-order valence-electron chi connectivity index (χ0n) is 16.6. The Hall–Kier alpha value is -2.53. The molecule has 0 atom stereocenters. The van der Waals surface area contributed by atoms with Crippen molar-refractivity contribution >= 4 is 51.3 Å². The Morgan fingerprint density at radius 1 is 1.17 bits per heavy atom. The Kier molecular flexibility index (Phi) is 6.28. The highest BCUT2D eigenvalue weighted by atomic mass is 127. The number of methoxy groups -OCH3 is 2. The van der Waals surface area contributed by atoms with Crippen LogP contribution in [0, 0.1) is 3.57 Å². The van der Waals surface area contributed by atoms with Crippen molar-refractivity contribution in [2.24, 2.45) is 0 Å². The molecule has 0 fully saturated rings. The number of aromatic amines is 1. The summed E-state index contributed by atoms with van der Waals surface area (Å²) in [7, 11) is 3.28. The molecule has 0 aliphatic heterocycles. The number of hydrogen-bond donors (Lipinski definition) is 2. The van der Waals surface area contributed by atoms with Gasteiger partial charge in [-0.15, -0.1) is 0 Å². The second-order valence-electron chi connectivity index (χ2n) is 6.56.